The summed E-state index contributed by atoms with van der Waals surface area (Å²) < 4.78 is 50.2. The lowest BCUT2D eigenvalue weighted by molar-refractivity contribution is -0.187. The SMILES string of the molecule is O=C(O)C1=Cc2c(Cl)ccc(OCc3ccccc3)c2OC1C(F)(F)F. The van der Waals surface area contributed by atoms with Crippen molar-refractivity contribution in [2.24, 2.45) is 0 Å². The fourth-order valence-electron chi connectivity index (χ4n) is 2.49. The normalized spacial score (nSPS) is 16.3. The molecule has 0 aromatic heterocycles. The Morgan fingerprint density at radius 3 is 2.50 bits per heavy atom. The van der Waals surface area contributed by atoms with E-state index in [-0.39, 0.29) is 28.7 Å². The number of hydrogen-bond donors (Lipinski definition) is 1. The molecule has 0 fully saturated rings. The van der Waals surface area contributed by atoms with Gasteiger partial charge in [0.2, 0.25) is 6.10 Å². The molecule has 1 heterocycles. The van der Waals surface area contributed by atoms with Crippen molar-refractivity contribution >= 4 is 23.6 Å². The van der Waals surface area contributed by atoms with Crippen molar-refractivity contribution in [1.29, 1.82) is 0 Å². The highest BCUT2D eigenvalue weighted by atomic mass is 35.5. The lowest BCUT2D eigenvalue weighted by atomic mass is 10.0. The minimum Gasteiger partial charge on any atom is -0.485 e. The molecule has 0 amide bonds. The number of rotatable bonds is 4. The van der Waals surface area contributed by atoms with E-state index < -0.39 is 23.8 Å². The maximum absolute atomic E-state index is 13.2. The van der Waals surface area contributed by atoms with E-state index in [1.165, 1.54) is 12.1 Å². The number of halogens is 4. The summed E-state index contributed by atoms with van der Waals surface area (Å²) in [6.45, 7) is 0.102. The van der Waals surface area contributed by atoms with Gasteiger partial charge < -0.3 is 14.6 Å². The fourth-order valence-corrected chi connectivity index (χ4v) is 2.69. The van der Waals surface area contributed by atoms with Crippen LogP contribution in [0, 0.1) is 0 Å². The molecule has 1 aliphatic heterocycles. The fraction of sp³-hybridized carbons (Fsp3) is 0.167. The van der Waals surface area contributed by atoms with E-state index in [4.69, 9.17) is 26.2 Å². The summed E-state index contributed by atoms with van der Waals surface area (Å²) in [6.07, 6.45) is -6.64. The van der Waals surface area contributed by atoms with Gasteiger partial charge in [-0.15, -0.1) is 0 Å². The molecule has 0 radical (unpaired) electrons. The van der Waals surface area contributed by atoms with Gasteiger partial charge in [0, 0.05) is 5.56 Å². The first-order valence-corrected chi connectivity index (χ1v) is 7.82. The Morgan fingerprint density at radius 2 is 1.88 bits per heavy atom. The number of ether oxygens (including phenoxy) is 2. The summed E-state index contributed by atoms with van der Waals surface area (Å²) in [5.74, 6) is -1.92. The monoisotopic (exact) mass is 384 g/mol. The molecule has 0 saturated heterocycles. The van der Waals surface area contributed by atoms with Crippen molar-refractivity contribution in [3.05, 3.63) is 64.2 Å². The second-order valence-electron chi connectivity index (χ2n) is 5.51. The zero-order valence-corrected chi connectivity index (χ0v) is 13.8. The Labute approximate surface area is 151 Å². The molecule has 0 aliphatic carbocycles. The van der Waals surface area contributed by atoms with Gasteiger partial charge in [-0.1, -0.05) is 41.9 Å². The van der Waals surface area contributed by atoms with Crippen LogP contribution in [0.4, 0.5) is 13.2 Å². The average Bonchev–Trinajstić information content (AvgIpc) is 2.60. The molecule has 4 nitrogen and oxygen atoms in total. The Hall–Kier alpha value is -2.67. The molecular weight excluding hydrogens is 373 g/mol. The lowest BCUT2D eigenvalue weighted by Gasteiger charge is -2.28. The quantitative estimate of drug-likeness (QED) is 0.829. The predicted molar refractivity (Wildman–Crippen MR) is 88.3 cm³/mol. The maximum Gasteiger partial charge on any atom is 0.430 e. The van der Waals surface area contributed by atoms with Gasteiger partial charge in [0.1, 0.15) is 6.61 Å². The minimum atomic E-state index is -4.90. The van der Waals surface area contributed by atoms with Gasteiger partial charge in [-0.2, -0.15) is 13.2 Å². The molecule has 0 bridgehead atoms. The van der Waals surface area contributed by atoms with E-state index in [1.807, 2.05) is 6.07 Å². The molecule has 3 rings (SSSR count). The van der Waals surface area contributed by atoms with Gasteiger partial charge in [0.15, 0.2) is 11.5 Å². The third-order valence-electron chi connectivity index (χ3n) is 3.71. The van der Waals surface area contributed by atoms with Crippen LogP contribution in [0.3, 0.4) is 0 Å². The second kappa shape index (κ2) is 6.92. The van der Waals surface area contributed by atoms with Crippen molar-refractivity contribution in [2.75, 3.05) is 0 Å². The van der Waals surface area contributed by atoms with Gasteiger partial charge in [0.25, 0.3) is 0 Å². The second-order valence-corrected chi connectivity index (χ2v) is 5.91. The molecule has 1 aliphatic rings. The number of carbonyl (C=O) groups is 1. The maximum atomic E-state index is 13.2. The largest absolute Gasteiger partial charge is 0.485 e. The number of alkyl halides is 3. The van der Waals surface area contributed by atoms with Crippen molar-refractivity contribution in [3.63, 3.8) is 0 Å². The first-order valence-electron chi connectivity index (χ1n) is 7.45. The zero-order valence-electron chi connectivity index (χ0n) is 13.1. The Kier molecular flexibility index (Phi) is 4.82. The smallest absolute Gasteiger partial charge is 0.430 e. The molecular formula is C18H12ClF3O4. The number of fused-ring (bicyclic) bond motifs is 1. The summed E-state index contributed by atoms with van der Waals surface area (Å²) in [5, 5.41) is 9.15. The molecule has 8 heteroatoms. The standard InChI is InChI=1S/C18H12ClF3O4/c19-13-6-7-14(25-9-10-4-2-1-3-5-10)15-11(13)8-12(17(23)24)16(26-15)18(20,21)22/h1-8,16H,9H2,(H,23,24). The minimum absolute atomic E-state index is 0.0372. The highest BCUT2D eigenvalue weighted by Crippen LogP contribution is 2.45. The molecule has 1 unspecified atom stereocenters. The first kappa shape index (κ1) is 18.1. The van der Waals surface area contributed by atoms with Crippen LogP contribution in [0.15, 0.2) is 48.0 Å². The van der Waals surface area contributed by atoms with Crippen molar-refractivity contribution < 1.29 is 32.5 Å². The van der Waals surface area contributed by atoms with Crippen LogP contribution in [0.5, 0.6) is 11.5 Å². The first-order chi connectivity index (χ1) is 12.3. The van der Waals surface area contributed by atoms with E-state index in [1.54, 1.807) is 24.3 Å². The van der Waals surface area contributed by atoms with E-state index in [0.29, 0.717) is 0 Å². The highest BCUT2D eigenvalue weighted by Gasteiger charge is 2.49. The third-order valence-corrected chi connectivity index (χ3v) is 4.04. The number of benzene rings is 2. The van der Waals surface area contributed by atoms with Gasteiger partial charge in [0.05, 0.1) is 10.6 Å². The average molecular weight is 385 g/mol. The molecule has 1 N–H and O–H groups in total. The summed E-state index contributed by atoms with van der Waals surface area (Å²) in [5.41, 5.74) is -0.0941. The van der Waals surface area contributed by atoms with E-state index in [9.17, 15) is 18.0 Å². The Morgan fingerprint density at radius 1 is 1.19 bits per heavy atom. The van der Waals surface area contributed by atoms with Crippen LogP contribution in [-0.4, -0.2) is 23.4 Å². The summed E-state index contributed by atoms with van der Waals surface area (Å²) in [7, 11) is 0. The predicted octanol–water partition coefficient (Wildman–Crippen LogP) is 4.71. The number of hydrogen-bond acceptors (Lipinski definition) is 3. The van der Waals surface area contributed by atoms with Crippen LogP contribution in [0.2, 0.25) is 5.02 Å². The van der Waals surface area contributed by atoms with Gasteiger partial charge in [-0.25, -0.2) is 4.79 Å². The summed E-state index contributed by atoms with van der Waals surface area (Å²) in [6, 6.07) is 11.8. The van der Waals surface area contributed by atoms with Crippen LogP contribution in [0.1, 0.15) is 11.1 Å². The molecule has 0 spiro atoms. The third kappa shape index (κ3) is 3.62. The van der Waals surface area contributed by atoms with E-state index in [0.717, 1.165) is 11.6 Å². The van der Waals surface area contributed by atoms with Crippen LogP contribution < -0.4 is 9.47 Å². The lowest BCUT2D eigenvalue weighted by Crippen LogP contribution is -2.40. The van der Waals surface area contributed by atoms with E-state index in [2.05, 4.69) is 0 Å². The van der Waals surface area contributed by atoms with Crippen molar-refractivity contribution in [1.82, 2.24) is 0 Å². The number of carboxylic acid groups (broad SMARTS) is 1. The highest BCUT2D eigenvalue weighted by molar-refractivity contribution is 6.32. The Bertz CT molecular complexity index is 863. The molecule has 136 valence electrons. The molecule has 2 aromatic carbocycles. The summed E-state index contributed by atoms with van der Waals surface area (Å²) in [4.78, 5) is 11.2. The van der Waals surface area contributed by atoms with E-state index >= 15 is 0 Å². The zero-order chi connectivity index (χ0) is 18.9. The van der Waals surface area contributed by atoms with Gasteiger partial charge in [-0.05, 0) is 23.8 Å². The van der Waals surface area contributed by atoms with Crippen molar-refractivity contribution in [3.8, 4) is 11.5 Å². The molecule has 1 atom stereocenters. The number of carboxylic acids is 1. The van der Waals surface area contributed by atoms with Gasteiger partial charge in [-0.3, -0.25) is 0 Å². The molecule has 0 saturated carbocycles. The van der Waals surface area contributed by atoms with Gasteiger partial charge >= 0.3 is 12.1 Å². The van der Waals surface area contributed by atoms with Crippen LogP contribution in [0.25, 0.3) is 6.08 Å². The Balaban J connectivity index is 1.99. The summed E-state index contributed by atoms with van der Waals surface area (Å²) >= 11 is 6.01. The molecule has 26 heavy (non-hydrogen) atoms. The van der Waals surface area contributed by atoms with Crippen LogP contribution >= 0.6 is 11.6 Å². The molecule has 2 aromatic rings. The topological polar surface area (TPSA) is 55.8 Å². The number of aliphatic carboxylic acids is 1. The van der Waals surface area contributed by atoms with Crippen molar-refractivity contribution in [2.45, 2.75) is 18.9 Å². The van der Waals surface area contributed by atoms with Crippen LogP contribution in [-0.2, 0) is 11.4 Å².